The van der Waals surface area contributed by atoms with E-state index in [9.17, 15) is 4.79 Å². The van der Waals surface area contributed by atoms with Gasteiger partial charge in [0, 0.05) is 10.4 Å². The zero-order chi connectivity index (χ0) is 14.9. The van der Waals surface area contributed by atoms with Crippen molar-refractivity contribution in [2.24, 2.45) is 0 Å². The van der Waals surface area contributed by atoms with Gasteiger partial charge in [-0.3, -0.25) is 0 Å². The van der Waals surface area contributed by atoms with Crippen LogP contribution in [0.2, 0.25) is 0 Å². The lowest BCUT2D eigenvalue weighted by Crippen LogP contribution is -2.07. The minimum Gasteiger partial charge on any atom is -0.462 e. The molecule has 20 heavy (non-hydrogen) atoms. The van der Waals surface area contributed by atoms with Crippen LogP contribution in [0.3, 0.4) is 0 Å². The van der Waals surface area contributed by atoms with Crippen molar-refractivity contribution in [2.75, 3.05) is 12.3 Å². The number of hydrogen-bond donors (Lipinski definition) is 1. The van der Waals surface area contributed by atoms with Crippen LogP contribution in [0.15, 0.2) is 18.2 Å². The molecular weight excluding hydrogens is 270 g/mol. The van der Waals surface area contributed by atoms with E-state index in [1.807, 2.05) is 13.0 Å². The van der Waals surface area contributed by atoms with Crippen LogP contribution >= 0.6 is 11.3 Å². The average molecular weight is 289 g/mol. The molecule has 0 aliphatic rings. The lowest BCUT2D eigenvalue weighted by atomic mass is 9.98. The van der Waals surface area contributed by atoms with E-state index in [1.54, 1.807) is 6.92 Å². The van der Waals surface area contributed by atoms with E-state index in [-0.39, 0.29) is 5.97 Å². The molecule has 0 radical (unpaired) electrons. The van der Waals surface area contributed by atoms with Crippen LogP contribution < -0.4 is 5.73 Å². The van der Waals surface area contributed by atoms with E-state index in [0.29, 0.717) is 17.2 Å². The van der Waals surface area contributed by atoms with Crippen molar-refractivity contribution in [1.29, 1.82) is 0 Å². The fraction of sp³-hybridized carbons (Fsp3) is 0.312. The third-order valence-corrected chi connectivity index (χ3v) is 4.32. The second-order valence-electron chi connectivity index (χ2n) is 4.79. The third-order valence-electron chi connectivity index (χ3n) is 3.39. The van der Waals surface area contributed by atoms with Crippen LogP contribution in [0.1, 0.15) is 33.3 Å². The summed E-state index contributed by atoms with van der Waals surface area (Å²) in [6, 6.07) is 6.18. The number of benzene rings is 1. The summed E-state index contributed by atoms with van der Waals surface area (Å²) in [7, 11) is 0. The molecule has 0 aliphatic carbocycles. The molecule has 106 valence electrons. The van der Waals surface area contributed by atoms with Gasteiger partial charge in [0.1, 0.15) is 10.6 Å². The van der Waals surface area contributed by atoms with Gasteiger partial charge < -0.3 is 10.5 Å². The van der Waals surface area contributed by atoms with Crippen molar-refractivity contribution in [3.63, 3.8) is 0 Å². The van der Waals surface area contributed by atoms with Crippen molar-refractivity contribution in [3.05, 3.63) is 39.8 Å². The molecule has 4 heteroatoms. The van der Waals surface area contributed by atoms with Crippen LogP contribution in [-0.4, -0.2) is 12.6 Å². The van der Waals surface area contributed by atoms with E-state index in [2.05, 4.69) is 26.0 Å². The predicted octanol–water partition coefficient (Wildman–Crippen LogP) is 4.10. The molecule has 1 heterocycles. The number of carbonyl (C=O) groups is 1. The van der Waals surface area contributed by atoms with E-state index < -0.39 is 0 Å². The summed E-state index contributed by atoms with van der Waals surface area (Å²) in [4.78, 5) is 13.2. The summed E-state index contributed by atoms with van der Waals surface area (Å²) >= 11 is 1.43. The van der Waals surface area contributed by atoms with Crippen molar-refractivity contribution in [3.8, 4) is 11.1 Å². The molecule has 0 saturated heterocycles. The number of anilines is 1. The van der Waals surface area contributed by atoms with Gasteiger partial charge in [-0.2, -0.15) is 0 Å². The van der Waals surface area contributed by atoms with E-state index in [1.165, 1.54) is 22.5 Å². The molecule has 2 rings (SSSR count). The first kappa shape index (κ1) is 14.6. The molecule has 0 amide bonds. The Labute approximate surface area is 123 Å². The zero-order valence-electron chi connectivity index (χ0n) is 12.2. The summed E-state index contributed by atoms with van der Waals surface area (Å²) in [5, 5.41) is 0.522. The fourth-order valence-corrected chi connectivity index (χ4v) is 3.16. The Balaban J connectivity index is 2.61. The Kier molecular flexibility index (Phi) is 4.14. The molecule has 0 spiro atoms. The highest BCUT2D eigenvalue weighted by Crippen LogP contribution is 2.39. The van der Waals surface area contributed by atoms with Crippen molar-refractivity contribution in [2.45, 2.75) is 27.7 Å². The molecule has 1 aromatic carbocycles. The standard InChI is InChI=1S/C16H19NO2S/c1-5-19-16(18)14-13(11(4)20-15(14)17)12-7-6-9(2)10(3)8-12/h6-8H,5,17H2,1-4H3. The summed E-state index contributed by atoms with van der Waals surface area (Å²) in [5.41, 5.74) is 10.8. The number of nitrogens with two attached hydrogens (primary N) is 1. The monoisotopic (exact) mass is 289 g/mol. The Morgan fingerprint density at radius 1 is 1.25 bits per heavy atom. The number of rotatable bonds is 3. The van der Waals surface area contributed by atoms with Gasteiger partial charge in [-0.25, -0.2) is 4.79 Å². The Morgan fingerprint density at radius 3 is 2.55 bits per heavy atom. The molecule has 0 fully saturated rings. The first-order valence-corrected chi connectivity index (χ1v) is 7.41. The molecule has 0 atom stereocenters. The van der Waals surface area contributed by atoms with Crippen molar-refractivity contribution >= 4 is 22.3 Å². The number of hydrogen-bond acceptors (Lipinski definition) is 4. The van der Waals surface area contributed by atoms with Gasteiger partial charge in [0.25, 0.3) is 0 Å². The molecule has 2 aromatic rings. The minimum absolute atomic E-state index is 0.345. The molecule has 0 bridgehead atoms. The van der Waals surface area contributed by atoms with Crippen LogP contribution in [0.5, 0.6) is 0 Å². The second-order valence-corrected chi connectivity index (χ2v) is 6.05. The molecule has 3 nitrogen and oxygen atoms in total. The highest BCUT2D eigenvalue weighted by Gasteiger charge is 2.22. The van der Waals surface area contributed by atoms with E-state index in [4.69, 9.17) is 10.5 Å². The Hall–Kier alpha value is -1.81. The topological polar surface area (TPSA) is 52.3 Å². The molecule has 2 N–H and O–H groups in total. The lowest BCUT2D eigenvalue weighted by molar-refractivity contribution is 0.0529. The lowest BCUT2D eigenvalue weighted by Gasteiger charge is -2.09. The first-order chi connectivity index (χ1) is 9.45. The molecule has 0 aliphatic heterocycles. The largest absolute Gasteiger partial charge is 0.462 e. The SMILES string of the molecule is CCOC(=O)c1c(N)sc(C)c1-c1ccc(C)c(C)c1. The van der Waals surface area contributed by atoms with Gasteiger partial charge in [-0.15, -0.1) is 11.3 Å². The number of ether oxygens (including phenoxy) is 1. The Bertz CT molecular complexity index is 659. The number of carbonyl (C=O) groups excluding carboxylic acids is 1. The van der Waals surface area contributed by atoms with Crippen LogP contribution in [0.4, 0.5) is 5.00 Å². The normalized spacial score (nSPS) is 10.6. The minimum atomic E-state index is -0.345. The van der Waals surface area contributed by atoms with Gasteiger partial charge in [0.15, 0.2) is 0 Å². The second kappa shape index (κ2) is 5.67. The van der Waals surface area contributed by atoms with Crippen LogP contribution in [0, 0.1) is 20.8 Å². The zero-order valence-corrected chi connectivity index (χ0v) is 13.1. The van der Waals surface area contributed by atoms with E-state index >= 15 is 0 Å². The molecular formula is C16H19NO2S. The number of thiophene rings is 1. The third kappa shape index (κ3) is 2.56. The quantitative estimate of drug-likeness (QED) is 0.865. The highest BCUT2D eigenvalue weighted by atomic mass is 32.1. The average Bonchev–Trinajstić information content (AvgIpc) is 2.68. The van der Waals surface area contributed by atoms with Gasteiger partial charge in [0.05, 0.1) is 6.61 Å². The number of nitrogen functional groups attached to an aromatic ring is 1. The molecule has 0 unspecified atom stereocenters. The van der Waals surface area contributed by atoms with Gasteiger partial charge in [-0.05, 0) is 44.4 Å². The predicted molar refractivity (Wildman–Crippen MR) is 84.3 cm³/mol. The van der Waals surface area contributed by atoms with Crippen molar-refractivity contribution < 1.29 is 9.53 Å². The maximum Gasteiger partial charge on any atom is 0.341 e. The van der Waals surface area contributed by atoms with Gasteiger partial charge in [-0.1, -0.05) is 18.2 Å². The van der Waals surface area contributed by atoms with Gasteiger partial charge >= 0.3 is 5.97 Å². The summed E-state index contributed by atoms with van der Waals surface area (Å²) in [6.07, 6.45) is 0. The first-order valence-electron chi connectivity index (χ1n) is 6.59. The van der Waals surface area contributed by atoms with Crippen molar-refractivity contribution in [1.82, 2.24) is 0 Å². The van der Waals surface area contributed by atoms with Gasteiger partial charge in [0.2, 0.25) is 0 Å². The van der Waals surface area contributed by atoms with E-state index in [0.717, 1.165) is 16.0 Å². The maximum absolute atomic E-state index is 12.1. The maximum atomic E-state index is 12.1. The highest BCUT2D eigenvalue weighted by molar-refractivity contribution is 7.16. The number of aryl methyl sites for hydroxylation is 3. The molecule has 0 saturated carbocycles. The fourth-order valence-electron chi connectivity index (χ4n) is 2.22. The Morgan fingerprint density at radius 2 is 1.95 bits per heavy atom. The summed E-state index contributed by atoms with van der Waals surface area (Å²) in [6.45, 7) is 8.25. The van der Waals surface area contributed by atoms with Crippen LogP contribution in [0.25, 0.3) is 11.1 Å². The molecule has 1 aromatic heterocycles. The number of esters is 1. The smallest absolute Gasteiger partial charge is 0.341 e. The summed E-state index contributed by atoms with van der Waals surface area (Å²) < 4.78 is 5.13. The van der Waals surface area contributed by atoms with Crippen LogP contribution in [-0.2, 0) is 4.74 Å². The summed E-state index contributed by atoms with van der Waals surface area (Å²) in [5.74, 6) is -0.345.